The van der Waals surface area contributed by atoms with Gasteiger partial charge in [-0.25, -0.2) is 12.8 Å². The zero-order valence-corrected chi connectivity index (χ0v) is 18.5. The molecule has 0 aliphatic rings. The molecular formula is C24H25FN2O3S. The van der Waals surface area contributed by atoms with Gasteiger partial charge in [-0.05, 0) is 60.4 Å². The lowest BCUT2D eigenvalue weighted by Crippen LogP contribution is -2.30. The number of halogens is 1. The quantitative estimate of drug-likeness (QED) is 0.594. The van der Waals surface area contributed by atoms with E-state index in [1.54, 1.807) is 36.4 Å². The molecule has 7 heteroatoms. The van der Waals surface area contributed by atoms with Gasteiger partial charge in [0, 0.05) is 12.1 Å². The number of hydrogen-bond acceptors (Lipinski definition) is 3. The number of hydrogen-bond donors (Lipinski definition) is 1. The van der Waals surface area contributed by atoms with Crippen molar-refractivity contribution >= 4 is 21.6 Å². The van der Waals surface area contributed by atoms with Crippen molar-refractivity contribution in [3.8, 4) is 0 Å². The number of carbonyl (C=O) groups is 1. The van der Waals surface area contributed by atoms with Crippen LogP contribution >= 0.6 is 0 Å². The minimum atomic E-state index is -3.50. The summed E-state index contributed by atoms with van der Waals surface area (Å²) < 4.78 is 39.4. The van der Waals surface area contributed by atoms with E-state index < -0.39 is 10.0 Å². The van der Waals surface area contributed by atoms with Crippen LogP contribution in [0.15, 0.2) is 66.7 Å². The second kappa shape index (κ2) is 9.31. The SMILES string of the molecule is Cc1cccc(C)c1N(Cc1ccc(C(=O)NCc2ccc(F)cc2)cc1)S(C)(=O)=O. The normalized spacial score (nSPS) is 11.2. The Kier molecular flexibility index (Phi) is 6.75. The van der Waals surface area contributed by atoms with Gasteiger partial charge in [-0.1, -0.05) is 42.5 Å². The maximum atomic E-state index is 13.0. The average molecular weight is 441 g/mol. The molecule has 31 heavy (non-hydrogen) atoms. The number of benzene rings is 3. The van der Waals surface area contributed by atoms with Crippen LogP contribution in [-0.4, -0.2) is 20.6 Å². The molecule has 3 aromatic carbocycles. The van der Waals surface area contributed by atoms with Crippen molar-refractivity contribution in [1.82, 2.24) is 5.32 Å². The van der Waals surface area contributed by atoms with E-state index in [0.717, 1.165) is 22.3 Å². The van der Waals surface area contributed by atoms with Crippen LogP contribution in [0, 0.1) is 19.7 Å². The van der Waals surface area contributed by atoms with Crippen molar-refractivity contribution in [3.63, 3.8) is 0 Å². The van der Waals surface area contributed by atoms with Crippen molar-refractivity contribution in [2.24, 2.45) is 0 Å². The molecule has 0 saturated heterocycles. The summed E-state index contributed by atoms with van der Waals surface area (Å²) >= 11 is 0. The molecule has 0 aromatic heterocycles. The molecular weight excluding hydrogens is 415 g/mol. The molecule has 0 heterocycles. The number of aryl methyl sites for hydroxylation is 2. The molecule has 3 aromatic rings. The van der Waals surface area contributed by atoms with E-state index in [1.165, 1.54) is 22.7 Å². The summed E-state index contributed by atoms with van der Waals surface area (Å²) in [5, 5.41) is 2.79. The van der Waals surface area contributed by atoms with E-state index in [0.29, 0.717) is 11.3 Å². The molecule has 1 amide bonds. The van der Waals surface area contributed by atoms with Crippen LogP contribution in [0.2, 0.25) is 0 Å². The Morgan fingerprint density at radius 2 is 1.45 bits per heavy atom. The summed E-state index contributed by atoms with van der Waals surface area (Å²) in [5.41, 5.74) is 4.45. The summed E-state index contributed by atoms with van der Waals surface area (Å²) in [6.45, 7) is 4.22. The highest BCUT2D eigenvalue weighted by Crippen LogP contribution is 2.28. The Morgan fingerprint density at radius 3 is 2.00 bits per heavy atom. The number of nitrogens with one attached hydrogen (secondary N) is 1. The van der Waals surface area contributed by atoms with Gasteiger partial charge in [-0.3, -0.25) is 9.10 Å². The third kappa shape index (κ3) is 5.70. The molecule has 0 aliphatic carbocycles. The first-order valence-electron chi connectivity index (χ1n) is 9.80. The first kappa shape index (κ1) is 22.5. The van der Waals surface area contributed by atoms with E-state index in [9.17, 15) is 17.6 Å². The molecule has 0 fully saturated rings. The molecule has 0 atom stereocenters. The van der Waals surface area contributed by atoms with Crippen molar-refractivity contribution in [3.05, 3.63) is 100 Å². The Bertz CT molecular complexity index is 1150. The van der Waals surface area contributed by atoms with E-state index in [1.807, 2.05) is 32.0 Å². The monoisotopic (exact) mass is 440 g/mol. The minimum Gasteiger partial charge on any atom is -0.348 e. The van der Waals surface area contributed by atoms with Crippen LogP contribution in [-0.2, 0) is 23.1 Å². The Labute approximate surface area is 182 Å². The standard InChI is InChI=1S/C24H25FN2O3S/c1-17-5-4-6-18(2)23(17)27(31(3,29)30)16-20-7-11-21(12-8-20)24(28)26-15-19-9-13-22(25)14-10-19/h4-14H,15-16H2,1-3H3,(H,26,28). The lowest BCUT2D eigenvalue weighted by Gasteiger charge is -2.26. The van der Waals surface area contributed by atoms with Crippen LogP contribution in [0.4, 0.5) is 10.1 Å². The maximum Gasteiger partial charge on any atom is 0.251 e. The predicted molar refractivity (Wildman–Crippen MR) is 121 cm³/mol. The molecule has 3 rings (SSSR count). The van der Waals surface area contributed by atoms with E-state index in [-0.39, 0.29) is 24.8 Å². The molecule has 0 bridgehead atoms. The zero-order valence-electron chi connectivity index (χ0n) is 17.7. The topological polar surface area (TPSA) is 66.5 Å². The fourth-order valence-corrected chi connectivity index (χ4v) is 4.38. The maximum absolute atomic E-state index is 13.0. The Morgan fingerprint density at radius 1 is 0.903 bits per heavy atom. The van der Waals surface area contributed by atoms with Crippen LogP contribution in [0.25, 0.3) is 0 Å². The molecule has 0 spiro atoms. The van der Waals surface area contributed by atoms with Crippen molar-refractivity contribution in [2.45, 2.75) is 26.9 Å². The lowest BCUT2D eigenvalue weighted by atomic mass is 10.1. The highest BCUT2D eigenvalue weighted by molar-refractivity contribution is 7.92. The zero-order chi connectivity index (χ0) is 22.6. The van der Waals surface area contributed by atoms with Crippen molar-refractivity contribution in [2.75, 3.05) is 10.6 Å². The molecule has 0 aliphatic heterocycles. The number of sulfonamides is 1. The largest absolute Gasteiger partial charge is 0.348 e. The highest BCUT2D eigenvalue weighted by atomic mass is 32.2. The number of rotatable bonds is 7. The average Bonchev–Trinajstić information content (AvgIpc) is 2.72. The third-order valence-corrected chi connectivity index (χ3v) is 6.11. The van der Waals surface area contributed by atoms with Gasteiger partial charge in [0.15, 0.2) is 0 Å². The minimum absolute atomic E-state index is 0.169. The molecule has 0 saturated carbocycles. The Hall–Kier alpha value is -3.19. The van der Waals surface area contributed by atoms with Crippen molar-refractivity contribution < 1.29 is 17.6 Å². The van der Waals surface area contributed by atoms with Gasteiger partial charge in [-0.15, -0.1) is 0 Å². The molecule has 1 N–H and O–H groups in total. The molecule has 162 valence electrons. The van der Waals surface area contributed by atoms with Gasteiger partial charge in [-0.2, -0.15) is 0 Å². The second-order valence-electron chi connectivity index (χ2n) is 7.52. The van der Waals surface area contributed by atoms with Gasteiger partial charge in [0.05, 0.1) is 18.5 Å². The van der Waals surface area contributed by atoms with Crippen LogP contribution in [0.3, 0.4) is 0 Å². The highest BCUT2D eigenvalue weighted by Gasteiger charge is 2.21. The smallest absolute Gasteiger partial charge is 0.251 e. The lowest BCUT2D eigenvalue weighted by molar-refractivity contribution is 0.0951. The van der Waals surface area contributed by atoms with E-state index in [4.69, 9.17) is 0 Å². The number of carbonyl (C=O) groups excluding carboxylic acids is 1. The van der Waals surface area contributed by atoms with Gasteiger partial charge < -0.3 is 5.32 Å². The van der Waals surface area contributed by atoms with Gasteiger partial charge in [0.25, 0.3) is 5.91 Å². The van der Waals surface area contributed by atoms with Crippen LogP contribution in [0.5, 0.6) is 0 Å². The number of anilines is 1. The second-order valence-corrected chi connectivity index (χ2v) is 9.42. The van der Waals surface area contributed by atoms with E-state index >= 15 is 0 Å². The van der Waals surface area contributed by atoms with Crippen LogP contribution in [0.1, 0.15) is 32.6 Å². The summed E-state index contributed by atoms with van der Waals surface area (Å²) in [4.78, 5) is 12.4. The molecule has 0 radical (unpaired) electrons. The first-order chi connectivity index (χ1) is 14.6. The summed E-state index contributed by atoms with van der Waals surface area (Å²) in [5.74, 6) is -0.583. The first-order valence-corrected chi connectivity index (χ1v) is 11.7. The summed E-state index contributed by atoms with van der Waals surface area (Å²) in [6, 6.07) is 18.4. The summed E-state index contributed by atoms with van der Waals surface area (Å²) in [6.07, 6.45) is 1.19. The number of nitrogens with zero attached hydrogens (tertiary/aromatic N) is 1. The van der Waals surface area contributed by atoms with Gasteiger partial charge in [0.1, 0.15) is 5.82 Å². The van der Waals surface area contributed by atoms with Crippen LogP contribution < -0.4 is 9.62 Å². The van der Waals surface area contributed by atoms with E-state index in [2.05, 4.69) is 5.32 Å². The van der Waals surface area contributed by atoms with Gasteiger partial charge >= 0.3 is 0 Å². The fraction of sp³-hybridized carbons (Fsp3) is 0.208. The fourth-order valence-electron chi connectivity index (χ4n) is 3.38. The predicted octanol–water partition coefficient (Wildman–Crippen LogP) is 4.34. The third-order valence-electron chi connectivity index (χ3n) is 5.00. The van der Waals surface area contributed by atoms with Gasteiger partial charge in [0.2, 0.25) is 10.0 Å². The molecule has 5 nitrogen and oxygen atoms in total. The molecule has 0 unspecified atom stereocenters. The number of amides is 1. The summed E-state index contributed by atoms with van der Waals surface area (Å²) in [7, 11) is -3.50. The number of para-hydroxylation sites is 1. The Balaban J connectivity index is 1.73. The van der Waals surface area contributed by atoms with Crippen molar-refractivity contribution in [1.29, 1.82) is 0 Å².